The van der Waals surface area contributed by atoms with Crippen molar-refractivity contribution in [1.29, 1.82) is 0 Å². The maximum absolute atomic E-state index is 3.44. The first-order chi connectivity index (χ1) is 12.9. The molecule has 0 spiro atoms. The van der Waals surface area contributed by atoms with Crippen molar-refractivity contribution in [3.63, 3.8) is 0 Å². The van der Waals surface area contributed by atoms with Gasteiger partial charge in [0.1, 0.15) is 0 Å². The number of allylic oxidation sites excluding steroid dienone is 15. The zero-order chi connectivity index (χ0) is 18.0. The van der Waals surface area contributed by atoms with Gasteiger partial charge in [0.2, 0.25) is 0 Å². The maximum Gasteiger partial charge on any atom is 0.0340 e. The first-order valence-corrected chi connectivity index (χ1v) is 10.1. The Bertz CT molecular complexity index is 711. The Balaban J connectivity index is 1.99. The molecule has 0 amide bonds. The van der Waals surface area contributed by atoms with E-state index in [1.807, 2.05) is 0 Å². The van der Waals surface area contributed by atoms with Crippen molar-refractivity contribution in [3.05, 3.63) is 95.3 Å². The number of hydrogen-bond donors (Lipinski definition) is 1. The molecule has 1 heteroatoms. The summed E-state index contributed by atoms with van der Waals surface area (Å²) in [6.45, 7) is 3.08. The highest BCUT2D eigenvalue weighted by atomic mass is 14.9. The van der Waals surface area contributed by atoms with Gasteiger partial charge in [0.15, 0.2) is 0 Å². The van der Waals surface area contributed by atoms with Crippen molar-refractivity contribution in [2.45, 2.75) is 45.4 Å². The highest BCUT2D eigenvalue weighted by molar-refractivity contribution is 5.58. The molecule has 0 saturated heterocycles. The van der Waals surface area contributed by atoms with Crippen molar-refractivity contribution in [3.8, 4) is 0 Å². The van der Waals surface area contributed by atoms with Crippen LogP contribution in [0.3, 0.4) is 0 Å². The van der Waals surface area contributed by atoms with Crippen LogP contribution in [-0.4, -0.2) is 6.54 Å². The molecule has 1 N–H and O–H groups in total. The lowest BCUT2D eigenvalue weighted by Crippen LogP contribution is -2.12. The van der Waals surface area contributed by atoms with Crippen LogP contribution >= 0.6 is 0 Å². The zero-order valence-corrected chi connectivity index (χ0v) is 16.0. The van der Waals surface area contributed by atoms with Crippen molar-refractivity contribution in [1.82, 2.24) is 5.32 Å². The number of nitrogens with one attached hydrogen (secondary N) is 1. The molecule has 3 aliphatic carbocycles. The van der Waals surface area contributed by atoms with Gasteiger partial charge in [0, 0.05) is 12.2 Å². The lowest BCUT2D eigenvalue weighted by molar-refractivity contribution is 0.536. The van der Waals surface area contributed by atoms with Crippen LogP contribution in [0.2, 0.25) is 0 Å². The minimum Gasteiger partial charge on any atom is -0.385 e. The van der Waals surface area contributed by atoms with Crippen LogP contribution in [0.15, 0.2) is 95.3 Å². The predicted octanol–water partition coefficient (Wildman–Crippen LogP) is 6.48. The molecule has 1 fully saturated rings. The quantitative estimate of drug-likeness (QED) is 0.575. The highest BCUT2D eigenvalue weighted by Gasteiger charge is 2.21. The van der Waals surface area contributed by atoms with Crippen LogP contribution in [0.5, 0.6) is 0 Å². The van der Waals surface area contributed by atoms with E-state index in [0.29, 0.717) is 5.92 Å². The molecule has 0 aliphatic heterocycles. The lowest BCUT2D eigenvalue weighted by Gasteiger charge is -2.23. The Labute approximate surface area is 159 Å². The molecule has 1 saturated carbocycles. The van der Waals surface area contributed by atoms with Gasteiger partial charge in [-0.25, -0.2) is 0 Å². The lowest BCUT2D eigenvalue weighted by atomic mass is 9.82. The van der Waals surface area contributed by atoms with Crippen molar-refractivity contribution in [2.75, 3.05) is 6.54 Å². The van der Waals surface area contributed by atoms with E-state index < -0.39 is 0 Å². The number of hydrogen-bond acceptors (Lipinski definition) is 1. The van der Waals surface area contributed by atoms with Crippen molar-refractivity contribution >= 4 is 0 Å². The van der Waals surface area contributed by atoms with Gasteiger partial charge < -0.3 is 5.32 Å². The summed E-state index contributed by atoms with van der Waals surface area (Å²) >= 11 is 0. The minimum absolute atomic E-state index is 0.668. The van der Waals surface area contributed by atoms with Gasteiger partial charge in [-0.05, 0) is 54.6 Å². The molecule has 0 heterocycles. The second-order valence-corrected chi connectivity index (χ2v) is 7.15. The van der Waals surface area contributed by atoms with E-state index in [1.54, 1.807) is 0 Å². The summed E-state index contributed by atoms with van der Waals surface area (Å²) in [6, 6.07) is 0. The predicted molar refractivity (Wildman–Crippen MR) is 114 cm³/mol. The summed E-state index contributed by atoms with van der Waals surface area (Å²) in [5.74, 6) is 0.668. The normalized spacial score (nSPS) is 34.3. The summed E-state index contributed by atoms with van der Waals surface area (Å²) in [6.07, 6.45) is 34.5. The molecule has 26 heavy (non-hydrogen) atoms. The summed E-state index contributed by atoms with van der Waals surface area (Å²) in [4.78, 5) is 0. The molecule has 0 aromatic rings. The summed E-state index contributed by atoms with van der Waals surface area (Å²) < 4.78 is 0. The van der Waals surface area contributed by atoms with Crippen molar-refractivity contribution < 1.29 is 0 Å². The molecule has 0 bridgehead atoms. The van der Waals surface area contributed by atoms with Gasteiger partial charge >= 0.3 is 0 Å². The van der Waals surface area contributed by atoms with Gasteiger partial charge in [-0.1, -0.05) is 86.4 Å². The van der Waals surface area contributed by atoms with Crippen LogP contribution in [0, 0.1) is 5.92 Å². The van der Waals surface area contributed by atoms with E-state index in [2.05, 4.69) is 85.2 Å². The average Bonchev–Trinajstić information content (AvgIpc) is 2.88. The standard InChI is InChI=1S/C25H31N/c1-2-26-23-17-12-18-24(21-13-10-6-7-11-14-21)25(20-19-23)22-15-8-4-3-5-9-16-22/h3-5,8-9,12,15-21,26H,2,6-7,10-11,13-14H2,1H3/b4-3+,5-3?,8-4?,9-5-,15-8-,16-9?,17-12-,18-12?,20-19?,22-15?,22-16-,23-17?,23-19-,24-18-,25-20+,25-24?. The monoisotopic (exact) mass is 345 g/mol. The molecular formula is C25H31N. The Morgan fingerprint density at radius 3 is 2.35 bits per heavy atom. The second-order valence-electron chi connectivity index (χ2n) is 7.15. The smallest absolute Gasteiger partial charge is 0.0340 e. The first kappa shape index (κ1) is 18.5. The fraction of sp³-hybridized carbons (Fsp3) is 0.360. The van der Waals surface area contributed by atoms with Crippen LogP contribution in [0.25, 0.3) is 0 Å². The SMILES string of the molecule is CCNC1=C/C=C(C2=C/C=C\C=C\C=C/2)/C(C2CCCCCC2)=C\C=C/1. The fourth-order valence-corrected chi connectivity index (χ4v) is 3.95. The van der Waals surface area contributed by atoms with E-state index in [1.165, 1.54) is 60.9 Å². The van der Waals surface area contributed by atoms with E-state index in [-0.39, 0.29) is 0 Å². The van der Waals surface area contributed by atoms with E-state index in [9.17, 15) is 0 Å². The van der Waals surface area contributed by atoms with Crippen LogP contribution in [-0.2, 0) is 0 Å². The minimum atomic E-state index is 0.668. The average molecular weight is 346 g/mol. The Hall–Kier alpha value is -2.28. The molecule has 0 aromatic carbocycles. The summed E-state index contributed by atoms with van der Waals surface area (Å²) in [5.41, 5.74) is 5.34. The second kappa shape index (κ2) is 10.0. The van der Waals surface area contributed by atoms with Gasteiger partial charge in [0.25, 0.3) is 0 Å². The van der Waals surface area contributed by atoms with Crippen LogP contribution in [0.1, 0.15) is 45.4 Å². The third kappa shape index (κ3) is 5.11. The third-order valence-electron chi connectivity index (χ3n) is 5.28. The molecule has 1 nitrogen and oxygen atoms in total. The van der Waals surface area contributed by atoms with Gasteiger partial charge in [0.05, 0.1) is 0 Å². The highest BCUT2D eigenvalue weighted by Crippen LogP contribution is 2.36. The molecule has 0 aromatic heterocycles. The van der Waals surface area contributed by atoms with Gasteiger partial charge in [-0.15, -0.1) is 0 Å². The van der Waals surface area contributed by atoms with Crippen LogP contribution in [0.4, 0.5) is 0 Å². The Morgan fingerprint density at radius 1 is 0.769 bits per heavy atom. The topological polar surface area (TPSA) is 12.0 Å². The van der Waals surface area contributed by atoms with Gasteiger partial charge in [-0.3, -0.25) is 0 Å². The molecule has 0 unspecified atom stereocenters. The molecule has 136 valence electrons. The first-order valence-electron chi connectivity index (χ1n) is 10.1. The summed E-state index contributed by atoms with van der Waals surface area (Å²) in [5, 5.41) is 3.44. The molecule has 3 aliphatic rings. The van der Waals surface area contributed by atoms with E-state index >= 15 is 0 Å². The molecular weight excluding hydrogens is 314 g/mol. The molecule has 0 radical (unpaired) electrons. The molecule has 0 atom stereocenters. The van der Waals surface area contributed by atoms with Crippen LogP contribution < -0.4 is 5.32 Å². The fourth-order valence-electron chi connectivity index (χ4n) is 3.95. The molecule has 3 rings (SSSR count). The Kier molecular flexibility index (Phi) is 7.13. The number of rotatable bonds is 4. The third-order valence-corrected chi connectivity index (χ3v) is 5.28. The maximum atomic E-state index is 3.44. The van der Waals surface area contributed by atoms with E-state index in [0.717, 1.165) is 6.54 Å². The largest absolute Gasteiger partial charge is 0.385 e. The zero-order valence-electron chi connectivity index (χ0n) is 16.0. The summed E-state index contributed by atoms with van der Waals surface area (Å²) in [7, 11) is 0. The van der Waals surface area contributed by atoms with Gasteiger partial charge in [-0.2, -0.15) is 0 Å². The van der Waals surface area contributed by atoms with E-state index in [4.69, 9.17) is 0 Å². The number of likely N-dealkylation sites (N-methyl/N-ethyl adjacent to an activating group) is 1. The Morgan fingerprint density at radius 2 is 1.54 bits per heavy atom. The van der Waals surface area contributed by atoms with Crippen molar-refractivity contribution in [2.24, 2.45) is 5.92 Å².